The first-order valence-electron chi connectivity index (χ1n) is 8.34. The van der Waals surface area contributed by atoms with Crippen LogP contribution in [0, 0.1) is 0 Å². The molecule has 2 aromatic rings. The summed E-state index contributed by atoms with van der Waals surface area (Å²) in [7, 11) is 0. The van der Waals surface area contributed by atoms with Crippen LogP contribution in [0.2, 0.25) is 5.02 Å². The van der Waals surface area contributed by atoms with E-state index in [0.29, 0.717) is 5.75 Å². The predicted octanol–water partition coefficient (Wildman–Crippen LogP) is 3.15. The highest BCUT2D eigenvalue weighted by Gasteiger charge is 2.21. The third kappa shape index (κ3) is 5.61. The van der Waals surface area contributed by atoms with Gasteiger partial charge in [0.1, 0.15) is 0 Å². The van der Waals surface area contributed by atoms with Gasteiger partial charge in [0.2, 0.25) is 11.9 Å². The van der Waals surface area contributed by atoms with Gasteiger partial charge >= 0.3 is 0 Å². The van der Waals surface area contributed by atoms with Gasteiger partial charge in [-0.3, -0.25) is 4.79 Å². The van der Waals surface area contributed by atoms with Crippen molar-refractivity contribution >= 4 is 35.2 Å². The molecule has 5 nitrogen and oxygen atoms in total. The highest BCUT2D eigenvalue weighted by Crippen LogP contribution is 2.18. The Morgan fingerprint density at radius 1 is 1.24 bits per heavy atom. The van der Waals surface area contributed by atoms with E-state index in [-0.39, 0.29) is 11.9 Å². The van der Waals surface area contributed by atoms with Gasteiger partial charge in [0.05, 0.1) is 5.75 Å². The number of halogens is 1. The van der Waals surface area contributed by atoms with E-state index in [2.05, 4.69) is 20.2 Å². The fourth-order valence-corrected chi connectivity index (χ4v) is 3.83. The van der Waals surface area contributed by atoms with Gasteiger partial charge < -0.3 is 10.2 Å². The van der Waals surface area contributed by atoms with Gasteiger partial charge in [0.25, 0.3) is 0 Å². The molecule has 0 unspecified atom stereocenters. The lowest BCUT2D eigenvalue weighted by atomic mass is 10.1. The minimum atomic E-state index is 0.0986. The summed E-state index contributed by atoms with van der Waals surface area (Å²) >= 11 is 7.58. The molecule has 3 rings (SSSR count). The van der Waals surface area contributed by atoms with Crippen LogP contribution in [0.3, 0.4) is 0 Å². The van der Waals surface area contributed by atoms with E-state index < -0.39 is 0 Å². The highest BCUT2D eigenvalue weighted by atomic mass is 35.5. The molecule has 1 aliphatic heterocycles. The van der Waals surface area contributed by atoms with Crippen molar-refractivity contribution in [2.75, 3.05) is 23.7 Å². The molecule has 2 heterocycles. The van der Waals surface area contributed by atoms with Crippen molar-refractivity contribution in [3.05, 3.63) is 53.3 Å². The second-order valence-corrected chi connectivity index (χ2v) is 7.42. The molecule has 0 spiro atoms. The smallest absolute Gasteiger partial charge is 0.230 e. The van der Waals surface area contributed by atoms with Crippen molar-refractivity contribution in [2.45, 2.75) is 24.6 Å². The number of nitrogens with one attached hydrogen (secondary N) is 1. The molecule has 1 N–H and O–H groups in total. The zero-order chi connectivity index (χ0) is 17.5. The summed E-state index contributed by atoms with van der Waals surface area (Å²) in [5.74, 6) is 2.12. The minimum absolute atomic E-state index is 0.0986. The first-order valence-corrected chi connectivity index (χ1v) is 9.87. The number of aromatic nitrogens is 2. The molecule has 0 aliphatic carbocycles. The van der Waals surface area contributed by atoms with Crippen LogP contribution < -0.4 is 10.2 Å². The van der Waals surface area contributed by atoms with Crippen molar-refractivity contribution in [1.29, 1.82) is 0 Å². The summed E-state index contributed by atoms with van der Waals surface area (Å²) in [6.07, 6.45) is 5.35. The van der Waals surface area contributed by atoms with Gasteiger partial charge in [0.15, 0.2) is 0 Å². The number of carbonyl (C=O) groups excluding carboxylic acids is 1. The SMILES string of the molecule is O=C(CSCc1cccc(Cl)c1)NC1CCN(c2ncccn2)CC1. The van der Waals surface area contributed by atoms with E-state index in [1.807, 2.05) is 30.3 Å². The number of nitrogens with zero attached hydrogens (tertiary/aromatic N) is 3. The van der Waals surface area contributed by atoms with Crippen LogP contribution >= 0.6 is 23.4 Å². The number of carbonyl (C=O) groups is 1. The third-order valence-corrected chi connectivity index (χ3v) is 5.32. The van der Waals surface area contributed by atoms with Crippen LogP contribution in [0.25, 0.3) is 0 Å². The Balaban J connectivity index is 1.36. The fraction of sp³-hybridized carbons (Fsp3) is 0.389. The second kappa shape index (κ2) is 9.06. The standard InChI is InChI=1S/C18H21ClN4OS/c19-15-4-1-3-14(11-15)12-25-13-17(24)22-16-5-9-23(10-6-16)18-20-7-2-8-21-18/h1-4,7-8,11,16H,5-6,9-10,12-13H2,(H,22,24). The Kier molecular flexibility index (Phi) is 6.53. The first-order chi connectivity index (χ1) is 12.2. The lowest BCUT2D eigenvalue weighted by molar-refractivity contribution is -0.119. The van der Waals surface area contributed by atoms with Gasteiger partial charge in [-0.1, -0.05) is 23.7 Å². The van der Waals surface area contributed by atoms with Gasteiger partial charge in [-0.15, -0.1) is 11.8 Å². The lowest BCUT2D eigenvalue weighted by Gasteiger charge is -2.32. The predicted molar refractivity (Wildman–Crippen MR) is 103 cm³/mol. The normalized spacial score (nSPS) is 15.2. The van der Waals surface area contributed by atoms with Crippen LogP contribution in [-0.4, -0.2) is 40.8 Å². The number of rotatable bonds is 6. The summed E-state index contributed by atoms with van der Waals surface area (Å²) in [4.78, 5) is 22.8. The van der Waals surface area contributed by atoms with Gasteiger partial charge in [-0.2, -0.15) is 0 Å². The van der Waals surface area contributed by atoms with Crippen molar-refractivity contribution in [1.82, 2.24) is 15.3 Å². The maximum absolute atomic E-state index is 12.1. The maximum Gasteiger partial charge on any atom is 0.230 e. The second-order valence-electron chi connectivity index (χ2n) is 6.00. The number of piperidine rings is 1. The Morgan fingerprint density at radius 3 is 2.72 bits per heavy atom. The Hall–Kier alpha value is -1.79. The third-order valence-electron chi connectivity index (χ3n) is 4.09. The lowest BCUT2D eigenvalue weighted by Crippen LogP contribution is -2.45. The molecule has 0 radical (unpaired) electrons. The molecule has 0 atom stereocenters. The number of amides is 1. The molecule has 1 saturated heterocycles. The average Bonchev–Trinajstić information content (AvgIpc) is 2.63. The Morgan fingerprint density at radius 2 is 2.00 bits per heavy atom. The Labute approximate surface area is 157 Å². The molecule has 7 heteroatoms. The molecular formula is C18H21ClN4OS. The topological polar surface area (TPSA) is 58.1 Å². The molecule has 1 amide bonds. The molecule has 25 heavy (non-hydrogen) atoms. The van der Waals surface area contributed by atoms with Crippen molar-refractivity contribution < 1.29 is 4.79 Å². The summed E-state index contributed by atoms with van der Waals surface area (Å²) in [6, 6.07) is 9.81. The quantitative estimate of drug-likeness (QED) is 0.839. The molecule has 132 valence electrons. The number of benzene rings is 1. The summed E-state index contributed by atoms with van der Waals surface area (Å²) < 4.78 is 0. The molecule has 1 aromatic carbocycles. The molecule has 1 aliphatic rings. The van der Waals surface area contributed by atoms with Crippen LogP contribution in [0.15, 0.2) is 42.7 Å². The summed E-state index contributed by atoms with van der Waals surface area (Å²) in [5.41, 5.74) is 1.14. The Bertz CT molecular complexity index is 692. The van der Waals surface area contributed by atoms with E-state index in [4.69, 9.17) is 11.6 Å². The van der Waals surface area contributed by atoms with Crippen LogP contribution in [0.1, 0.15) is 18.4 Å². The van der Waals surface area contributed by atoms with Gasteiger partial charge in [-0.25, -0.2) is 9.97 Å². The molecule has 1 aromatic heterocycles. The van der Waals surface area contributed by atoms with E-state index in [9.17, 15) is 4.79 Å². The summed E-state index contributed by atoms with van der Waals surface area (Å²) in [5, 5.41) is 3.87. The largest absolute Gasteiger partial charge is 0.353 e. The van der Waals surface area contributed by atoms with E-state index >= 15 is 0 Å². The average molecular weight is 377 g/mol. The first kappa shape index (κ1) is 18.0. The van der Waals surface area contributed by atoms with E-state index in [1.165, 1.54) is 0 Å². The highest BCUT2D eigenvalue weighted by molar-refractivity contribution is 7.99. The monoisotopic (exact) mass is 376 g/mol. The zero-order valence-corrected chi connectivity index (χ0v) is 15.5. The van der Waals surface area contributed by atoms with Crippen molar-refractivity contribution in [3.8, 4) is 0 Å². The number of hydrogen-bond donors (Lipinski definition) is 1. The molecule has 1 fully saturated rings. The minimum Gasteiger partial charge on any atom is -0.353 e. The van der Waals surface area contributed by atoms with Crippen molar-refractivity contribution in [2.24, 2.45) is 0 Å². The van der Waals surface area contributed by atoms with Crippen molar-refractivity contribution in [3.63, 3.8) is 0 Å². The van der Waals surface area contributed by atoms with Gasteiger partial charge in [0, 0.05) is 42.3 Å². The molecule has 0 bridgehead atoms. The van der Waals surface area contributed by atoms with E-state index in [0.717, 1.165) is 48.2 Å². The van der Waals surface area contributed by atoms with Crippen LogP contribution in [-0.2, 0) is 10.5 Å². The maximum atomic E-state index is 12.1. The van der Waals surface area contributed by atoms with Gasteiger partial charge in [-0.05, 0) is 36.6 Å². The number of anilines is 1. The van der Waals surface area contributed by atoms with Crippen LogP contribution in [0.5, 0.6) is 0 Å². The fourth-order valence-electron chi connectivity index (χ4n) is 2.84. The molecular weight excluding hydrogens is 356 g/mol. The number of hydrogen-bond acceptors (Lipinski definition) is 5. The molecule has 0 saturated carbocycles. The number of thioether (sulfide) groups is 1. The zero-order valence-electron chi connectivity index (χ0n) is 13.9. The van der Waals surface area contributed by atoms with E-state index in [1.54, 1.807) is 24.2 Å². The van der Waals surface area contributed by atoms with Crippen LogP contribution in [0.4, 0.5) is 5.95 Å². The summed E-state index contributed by atoms with van der Waals surface area (Å²) in [6.45, 7) is 1.73.